The number of hydrogen-bond acceptors (Lipinski definition) is 7. The van der Waals surface area contributed by atoms with E-state index in [2.05, 4.69) is 31.3 Å². The minimum Gasteiger partial charge on any atom is -0.441 e. The van der Waals surface area contributed by atoms with Crippen molar-refractivity contribution in [3.63, 3.8) is 0 Å². The highest BCUT2D eigenvalue weighted by Gasteiger charge is 2.10. The molecule has 0 unspecified atom stereocenters. The smallest absolute Gasteiger partial charge is 0.197 e. The summed E-state index contributed by atoms with van der Waals surface area (Å²) in [6.45, 7) is 4.96. The maximum absolute atomic E-state index is 8.90. The van der Waals surface area contributed by atoms with Crippen LogP contribution in [0.4, 0.5) is 0 Å². The fourth-order valence-corrected chi connectivity index (χ4v) is 3.47. The summed E-state index contributed by atoms with van der Waals surface area (Å²) in [6.07, 6.45) is 6.76. The third-order valence-electron chi connectivity index (χ3n) is 5.16. The van der Waals surface area contributed by atoms with Crippen LogP contribution in [0.1, 0.15) is 24.3 Å². The van der Waals surface area contributed by atoms with Crippen LogP contribution in [-0.4, -0.2) is 55.3 Å². The fraction of sp³-hybridized carbons (Fsp3) is 0.333. The summed E-state index contributed by atoms with van der Waals surface area (Å²) < 4.78 is 5.86. The zero-order valence-corrected chi connectivity index (χ0v) is 17.5. The van der Waals surface area contributed by atoms with Crippen LogP contribution in [0, 0.1) is 11.3 Å². The molecule has 5 rings (SSSR count). The molecule has 7 heteroatoms. The van der Waals surface area contributed by atoms with Crippen LogP contribution in [0.5, 0.6) is 0 Å². The first-order chi connectivity index (χ1) is 15.3. The van der Waals surface area contributed by atoms with Gasteiger partial charge in [-0.3, -0.25) is 9.98 Å². The number of benzene rings is 2. The van der Waals surface area contributed by atoms with E-state index >= 15 is 0 Å². The lowest BCUT2D eigenvalue weighted by Crippen LogP contribution is -2.29. The Morgan fingerprint density at radius 1 is 1.03 bits per heavy atom. The molecule has 0 saturated carbocycles. The zero-order chi connectivity index (χ0) is 21.3. The molecule has 0 fully saturated rings. The molecular formula is C24H26N6O. The highest BCUT2D eigenvalue weighted by molar-refractivity contribution is 5.80. The minimum atomic E-state index is 0.662. The predicted octanol–water partition coefficient (Wildman–Crippen LogP) is 3.65. The average Bonchev–Trinajstić information content (AvgIpc) is 3.27. The fourth-order valence-electron chi connectivity index (χ4n) is 3.47. The van der Waals surface area contributed by atoms with Crippen molar-refractivity contribution in [3.05, 3.63) is 53.9 Å². The summed E-state index contributed by atoms with van der Waals surface area (Å²) in [5.74, 6) is 0.756. The number of aromatic nitrogens is 1. The molecule has 2 aromatic carbocycles. The number of nitrogens with one attached hydrogen (secondary N) is 1. The highest BCUT2D eigenvalue weighted by Crippen LogP contribution is 2.25. The van der Waals surface area contributed by atoms with E-state index in [9.17, 15) is 0 Å². The van der Waals surface area contributed by atoms with Gasteiger partial charge in [0.1, 0.15) is 5.52 Å². The van der Waals surface area contributed by atoms with Gasteiger partial charge in [0, 0.05) is 39.1 Å². The maximum atomic E-state index is 8.90. The molecule has 0 aliphatic carbocycles. The van der Waals surface area contributed by atoms with Crippen LogP contribution >= 0.6 is 0 Å². The van der Waals surface area contributed by atoms with Crippen molar-refractivity contribution in [2.75, 3.05) is 32.7 Å². The van der Waals surface area contributed by atoms with Crippen LogP contribution in [0.2, 0.25) is 0 Å². The van der Waals surface area contributed by atoms with Gasteiger partial charge >= 0.3 is 0 Å². The molecule has 2 aliphatic rings. The first kappa shape index (κ1) is 20.6. The quantitative estimate of drug-likeness (QED) is 0.704. The zero-order valence-electron chi connectivity index (χ0n) is 17.5. The topological polar surface area (TPSA) is 89.8 Å². The number of aliphatic imine (C=N–C) groups is 2. The molecule has 158 valence electrons. The van der Waals surface area contributed by atoms with Gasteiger partial charge in [-0.1, -0.05) is 18.2 Å². The predicted molar refractivity (Wildman–Crippen MR) is 123 cm³/mol. The van der Waals surface area contributed by atoms with E-state index in [1.54, 1.807) is 6.34 Å². The molecule has 31 heavy (non-hydrogen) atoms. The Kier molecular flexibility index (Phi) is 6.91. The molecule has 0 spiro atoms. The van der Waals surface area contributed by atoms with Crippen molar-refractivity contribution >= 4 is 23.8 Å². The van der Waals surface area contributed by atoms with Crippen LogP contribution in [0.25, 0.3) is 22.2 Å². The molecule has 3 aromatic rings. The number of rotatable bonds is 4. The lowest BCUT2D eigenvalue weighted by atomic mass is 10.0. The largest absolute Gasteiger partial charge is 0.441 e. The molecule has 3 heterocycles. The monoisotopic (exact) mass is 414 g/mol. The second-order valence-corrected chi connectivity index (χ2v) is 7.48. The SMILES string of the molecule is C1=NCCCN1.N#Cc1ccc(-c2ccc3oc(CCN4C=NCCC4)nc3c2)cc1. The first-order valence-electron chi connectivity index (χ1n) is 10.7. The number of nitriles is 1. The first-order valence-corrected chi connectivity index (χ1v) is 10.7. The van der Waals surface area contributed by atoms with Crippen molar-refractivity contribution in [2.45, 2.75) is 19.3 Å². The van der Waals surface area contributed by atoms with E-state index in [4.69, 9.17) is 9.68 Å². The van der Waals surface area contributed by atoms with Gasteiger partial charge in [0.05, 0.1) is 24.3 Å². The Balaban J connectivity index is 0.000000334. The summed E-state index contributed by atoms with van der Waals surface area (Å²) in [4.78, 5) is 15.1. The molecule has 0 atom stereocenters. The molecule has 1 N–H and O–H groups in total. The maximum Gasteiger partial charge on any atom is 0.197 e. The minimum absolute atomic E-state index is 0.662. The Hall–Kier alpha value is -3.66. The second kappa shape index (κ2) is 10.4. The molecule has 0 bridgehead atoms. The Morgan fingerprint density at radius 3 is 2.52 bits per heavy atom. The number of hydrogen-bond donors (Lipinski definition) is 1. The molecular weight excluding hydrogens is 388 g/mol. The van der Waals surface area contributed by atoms with E-state index < -0.39 is 0 Å². The Labute approximate surface area is 182 Å². The Bertz CT molecular complexity index is 1090. The van der Waals surface area contributed by atoms with Gasteiger partial charge in [0.25, 0.3) is 0 Å². The van der Waals surface area contributed by atoms with E-state index in [0.717, 1.165) is 73.7 Å². The third-order valence-corrected chi connectivity index (χ3v) is 5.16. The van der Waals surface area contributed by atoms with E-state index in [1.165, 1.54) is 6.42 Å². The van der Waals surface area contributed by atoms with Gasteiger partial charge in [-0.15, -0.1) is 0 Å². The number of oxazole rings is 1. The van der Waals surface area contributed by atoms with Gasteiger partial charge in [-0.2, -0.15) is 5.26 Å². The van der Waals surface area contributed by atoms with Gasteiger partial charge in [0.15, 0.2) is 11.5 Å². The normalized spacial score (nSPS) is 15.1. The van der Waals surface area contributed by atoms with Gasteiger partial charge in [-0.25, -0.2) is 4.98 Å². The lowest BCUT2D eigenvalue weighted by Gasteiger charge is -2.21. The van der Waals surface area contributed by atoms with Crippen molar-refractivity contribution in [1.29, 1.82) is 5.26 Å². The van der Waals surface area contributed by atoms with Crippen molar-refractivity contribution in [1.82, 2.24) is 15.2 Å². The van der Waals surface area contributed by atoms with Crippen LogP contribution in [-0.2, 0) is 6.42 Å². The summed E-state index contributed by atoms with van der Waals surface area (Å²) in [7, 11) is 0. The second-order valence-electron chi connectivity index (χ2n) is 7.48. The summed E-state index contributed by atoms with van der Waals surface area (Å²) >= 11 is 0. The van der Waals surface area contributed by atoms with Crippen LogP contribution in [0.3, 0.4) is 0 Å². The lowest BCUT2D eigenvalue weighted by molar-refractivity contribution is 0.391. The van der Waals surface area contributed by atoms with E-state index in [1.807, 2.05) is 48.8 Å². The van der Waals surface area contributed by atoms with Gasteiger partial charge < -0.3 is 14.6 Å². The third kappa shape index (κ3) is 5.70. The summed E-state index contributed by atoms with van der Waals surface area (Å²) in [5, 5.41) is 11.9. The molecule has 0 saturated heterocycles. The average molecular weight is 415 g/mol. The van der Waals surface area contributed by atoms with E-state index in [0.29, 0.717) is 5.56 Å². The summed E-state index contributed by atoms with van der Waals surface area (Å²) in [6, 6.07) is 15.7. The van der Waals surface area contributed by atoms with Crippen molar-refractivity contribution in [2.24, 2.45) is 9.98 Å². The highest BCUT2D eigenvalue weighted by atomic mass is 16.3. The van der Waals surface area contributed by atoms with Gasteiger partial charge in [-0.05, 0) is 48.2 Å². The number of nitrogens with zero attached hydrogens (tertiary/aromatic N) is 5. The molecule has 2 aliphatic heterocycles. The molecule has 0 amide bonds. The standard InChI is InChI=1S/C20H18N4O.C4H8N2/c21-13-15-2-4-16(5-3-15)17-6-7-19-18(12-17)23-20(25-19)8-11-24-10-1-9-22-14-24;1-2-5-4-6-3-1/h2-7,12,14H,1,8-11H2;4H,1-3H2,(H,5,6). The van der Waals surface area contributed by atoms with Crippen LogP contribution in [0.15, 0.2) is 56.9 Å². The Morgan fingerprint density at radius 2 is 1.87 bits per heavy atom. The molecule has 1 aromatic heterocycles. The molecule has 7 nitrogen and oxygen atoms in total. The van der Waals surface area contributed by atoms with E-state index in [-0.39, 0.29) is 0 Å². The van der Waals surface area contributed by atoms with Gasteiger partial charge in [0.2, 0.25) is 0 Å². The van der Waals surface area contributed by atoms with Crippen molar-refractivity contribution < 1.29 is 4.42 Å². The van der Waals surface area contributed by atoms with Crippen molar-refractivity contribution in [3.8, 4) is 17.2 Å². The van der Waals surface area contributed by atoms with Crippen LogP contribution < -0.4 is 5.32 Å². The number of fused-ring (bicyclic) bond motifs is 1. The summed E-state index contributed by atoms with van der Waals surface area (Å²) in [5.41, 5.74) is 4.47. The molecule has 0 radical (unpaired) electrons.